The zero-order chi connectivity index (χ0) is 17.4. The fourth-order valence-electron chi connectivity index (χ4n) is 1.86. The van der Waals surface area contributed by atoms with Gasteiger partial charge in [-0.15, -0.1) is 0 Å². The quantitative estimate of drug-likeness (QED) is 0.528. The number of carboxylic acid groups (broad SMARTS) is 1. The van der Waals surface area contributed by atoms with Gasteiger partial charge in [-0.1, -0.05) is 18.2 Å². The number of rotatable bonds is 8. The van der Waals surface area contributed by atoms with E-state index in [1.54, 1.807) is 18.3 Å². The summed E-state index contributed by atoms with van der Waals surface area (Å²) in [4.78, 5) is 10.7. The van der Waals surface area contributed by atoms with E-state index in [9.17, 15) is 4.79 Å². The summed E-state index contributed by atoms with van der Waals surface area (Å²) in [6, 6.07) is 13.0. The lowest BCUT2D eigenvalue weighted by molar-refractivity contribution is -0.139. The normalized spacial score (nSPS) is 10.6. The Bertz CT molecular complexity index is 720. The Balaban J connectivity index is 2.17. The van der Waals surface area contributed by atoms with Crippen molar-refractivity contribution in [1.82, 2.24) is 0 Å². The number of hydrogen-bond acceptors (Lipinski definition) is 5. The molecule has 0 aliphatic carbocycles. The molecule has 24 heavy (non-hydrogen) atoms. The van der Waals surface area contributed by atoms with Gasteiger partial charge >= 0.3 is 5.97 Å². The molecule has 0 heterocycles. The molecule has 0 bridgehead atoms. The maximum atomic E-state index is 10.7. The van der Waals surface area contributed by atoms with Crippen LogP contribution < -0.4 is 14.9 Å². The number of carboxylic acids is 1. The maximum absolute atomic E-state index is 10.7. The van der Waals surface area contributed by atoms with Gasteiger partial charge in [-0.3, -0.25) is 5.43 Å². The van der Waals surface area contributed by atoms with Gasteiger partial charge in [-0.2, -0.15) is 5.10 Å². The van der Waals surface area contributed by atoms with Gasteiger partial charge in [-0.25, -0.2) is 4.79 Å². The van der Waals surface area contributed by atoms with Crippen molar-refractivity contribution in [2.75, 3.05) is 18.6 Å². The molecule has 0 unspecified atom stereocenters. The first-order chi connectivity index (χ1) is 11.6. The van der Waals surface area contributed by atoms with Gasteiger partial charge in [-0.05, 0) is 47.1 Å². The number of hydrazone groups is 1. The van der Waals surface area contributed by atoms with Crippen LogP contribution in [0.2, 0.25) is 0 Å². The minimum Gasteiger partial charge on any atom is -0.490 e. The molecule has 0 amide bonds. The van der Waals surface area contributed by atoms with Gasteiger partial charge < -0.3 is 14.6 Å². The van der Waals surface area contributed by atoms with E-state index in [4.69, 9.17) is 14.6 Å². The Morgan fingerprint density at radius 2 is 1.96 bits per heavy atom. The molecule has 0 fully saturated rings. The number of halogens is 1. The van der Waals surface area contributed by atoms with E-state index in [0.29, 0.717) is 22.6 Å². The predicted octanol–water partition coefficient (Wildman–Crippen LogP) is 3.76. The monoisotopic (exact) mass is 392 g/mol. The third-order valence-electron chi connectivity index (χ3n) is 2.89. The van der Waals surface area contributed by atoms with Gasteiger partial charge in [0.1, 0.15) is 0 Å². The summed E-state index contributed by atoms with van der Waals surface area (Å²) < 4.78 is 11.5. The SMILES string of the molecule is CCOc1cc(C=NNc2ccccc2)c(Br)cc1OCC(=O)O. The van der Waals surface area contributed by atoms with Crippen LogP contribution in [0, 0.1) is 0 Å². The molecule has 0 spiro atoms. The van der Waals surface area contributed by atoms with E-state index in [0.717, 1.165) is 11.3 Å². The van der Waals surface area contributed by atoms with Crippen LogP contribution in [-0.4, -0.2) is 30.5 Å². The summed E-state index contributed by atoms with van der Waals surface area (Å²) in [5.41, 5.74) is 4.57. The molecule has 2 N–H and O–H groups in total. The average molecular weight is 393 g/mol. The van der Waals surface area contributed by atoms with Gasteiger partial charge in [0.15, 0.2) is 18.1 Å². The van der Waals surface area contributed by atoms with Crippen LogP contribution in [0.1, 0.15) is 12.5 Å². The highest BCUT2D eigenvalue weighted by atomic mass is 79.9. The van der Waals surface area contributed by atoms with Crippen LogP contribution in [0.25, 0.3) is 0 Å². The Hall–Kier alpha value is -2.54. The van der Waals surface area contributed by atoms with E-state index >= 15 is 0 Å². The van der Waals surface area contributed by atoms with Crippen molar-refractivity contribution < 1.29 is 19.4 Å². The highest BCUT2D eigenvalue weighted by molar-refractivity contribution is 9.10. The molecular weight excluding hydrogens is 376 g/mol. The molecule has 126 valence electrons. The van der Waals surface area contributed by atoms with E-state index < -0.39 is 12.6 Å². The van der Waals surface area contributed by atoms with Crippen LogP contribution in [0.4, 0.5) is 5.69 Å². The number of para-hydroxylation sites is 1. The molecule has 0 atom stereocenters. The third-order valence-corrected chi connectivity index (χ3v) is 3.57. The van der Waals surface area contributed by atoms with Gasteiger partial charge in [0, 0.05) is 10.0 Å². The molecule has 0 aliphatic heterocycles. The third kappa shape index (κ3) is 5.27. The second-order valence-electron chi connectivity index (χ2n) is 4.67. The Labute approximate surface area is 148 Å². The topological polar surface area (TPSA) is 80.1 Å². The lowest BCUT2D eigenvalue weighted by atomic mass is 10.2. The number of aliphatic carboxylic acids is 1. The Kier molecular flexibility index (Phi) is 6.62. The largest absolute Gasteiger partial charge is 0.490 e. The average Bonchev–Trinajstić information content (AvgIpc) is 2.57. The van der Waals surface area contributed by atoms with Gasteiger partial charge in [0.2, 0.25) is 0 Å². The van der Waals surface area contributed by atoms with Crippen molar-refractivity contribution in [1.29, 1.82) is 0 Å². The number of nitrogens with one attached hydrogen (secondary N) is 1. The molecule has 2 rings (SSSR count). The number of nitrogens with zero attached hydrogens (tertiary/aromatic N) is 1. The number of benzene rings is 2. The van der Waals surface area contributed by atoms with Gasteiger partial charge in [0.05, 0.1) is 18.5 Å². The standard InChI is InChI=1S/C17H17BrN2O4/c1-2-23-15-8-12(10-19-20-13-6-4-3-5-7-13)14(18)9-16(15)24-11-17(21)22/h3-10,20H,2,11H2,1H3,(H,21,22). The van der Waals surface area contributed by atoms with E-state index in [-0.39, 0.29) is 0 Å². The van der Waals surface area contributed by atoms with Crippen molar-refractivity contribution in [2.24, 2.45) is 5.10 Å². The van der Waals surface area contributed by atoms with Crippen molar-refractivity contribution in [3.05, 3.63) is 52.5 Å². The summed E-state index contributed by atoms with van der Waals surface area (Å²) in [6.45, 7) is 1.84. The molecule has 6 nitrogen and oxygen atoms in total. The van der Waals surface area contributed by atoms with Gasteiger partial charge in [0.25, 0.3) is 0 Å². The minimum atomic E-state index is -1.05. The van der Waals surface area contributed by atoms with E-state index in [2.05, 4.69) is 26.5 Å². The zero-order valence-electron chi connectivity index (χ0n) is 13.0. The first kappa shape index (κ1) is 17.8. The lowest BCUT2D eigenvalue weighted by Gasteiger charge is -2.12. The molecule has 0 radical (unpaired) electrons. The Morgan fingerprint density at radius 1 is 1.25 bits per heavy atom. The first-order valence-electron chi connectivity index (χ1n) is 7.25. The predicted molar refractivity (Wildman–Crippen MR) is 96.1 cm³/mol. The maximum Gasteiger partial charge on any atom is 0.341 e. The molecule has 0 saturated heterocycles. The number of anilines is 1. The number of carbonyl (C=O) groups is 1. The van der Waals surface area contributed by atoms with Crippen molar-refractivity contribution in [3.8, 4) is 11.5 Å². The van der Waals surface area contributed by atoms with Crippen molar-refractivity contribution >= 4 is 33.8 Å². The molecular formula is C17H17BrN2O4. The summed E-state index contributed by atoms with van der Waals surface area (Å²) in [7, 11) is 0. The smallest absolute Gasteiger partial charge is 0.341 e. The summed E-state index contributed by atoms with van der Waals surface area (Å²) in [5.74, 6) is -0.228. The number of hydrogen-bond donors (Lipinski definition) is 2. The van der Waals surface area contributed by atoms with E-state index in [1.807, 2.05) is 37.3 Å². The molecule has 0 saturated carbocycles. The second kappa shape index (κ2) is 8.93. The highest BCUT2D eigenvalue weighted by Gasteiger charge is 2.11. The molecule has 2 aromatic carbocycles. The summed E-state index contributed by atoms with van der Waals surface area (Å²) in [5, 5.41) is 12.9. The minimum absolute atomic E-state index is 0.360. The number of ether oxygens (including phenoxy) is 2. The fraction of sp³-hybridized carbons (Fsp3) is 0.176. The fourth-order valence-corrected chi connectivity index (χ4v) is 2.28. The zero-order valence-corrected chi connectivity index (χ0v) is 14.6. The highest BCUT2D eigenvalue weighted by Crippen LogP contribution is 2.33. The van der Waals surface area contributed by atoms with Crippen LogP contribution in [0.15, 0.2) is 52.0 Å². The molecule has 2 aromatic rings. The van der Waals surface area contributed by atoms with Crippen molar-refractivity contribution in [3.63, 3.8) is 0 Å². The molecule has 7 heteroatoms. The summed E-state index contributed by atoms with van der Waals surface area (Å²) >= 11 is 3.42. The van der Waals surface area contributed by atoms with Crippen LogP contribution in [-0.2, 0) is 4.79 Å². The van der Waals surface area contributed by atoms with Crippen LogP contribution in [0.5, 0.6) is 11.5 Å². The molecule has 0 aromatic heterocycles. The van der Waals surface area contributed by atoms with Crippen LogP contribution >= 0.6 is 15.9 Å². The lowest BCUT2D eigenvalue weighted by Crippen LogP contribution is -2.10. The van der Waals surface area contributed by atoms with Crippen molar-refractivity contribution in [2.45, 2.75) is 6.92 Å². The Morgan fingerprint density at radius 3 is 2.62 bits per heavy atom. The second-order valence-corrected chi connectivity index (χ2v) is 5.53. The van der Waals surface area contributed by atoms with Crippen LogP contribution in [0.3, 0.4) is 0 Å². The van der Waals surface area contributed by atoms with E-state index in [1.165, 1.54) is 0 Å². The first-order valence-corrected chi connectivity index (χ1v) is 8.04. The summed E-state index contributed by atoms with van der Waals surface area (Å²) in [6.07, 6.45) is 1.64. The molecule has 0 aliphatic rings.